The highest BCUT2D eigenvalue weighted by molar-refractivity contribution is 4.98. The molecule has 2 heteroatoms. The van der Waals surface area contributed by atoms with Crippen LogP contribution in [0.4, 0.5) is 0 Å². The van der Waals surface area contributed by atoms with Crippen LogP contribution in [0, 0.1) is 0 Å². The van der Waals surface area contributed by atoms with Crippen molar-refractivity contribution in [2.75, 3.05) is 19.7 Å². The maximum atomic E-state index is 8.60. The molecule has 0 rings (SSSR count). The van der Waals surface area contributed by atoms with E-state index < -0.39 is 0 Å². The van der Waals surface area contributed by atoms with Crippen LogP contribution in [-0.4, -0.2) is 24.8 Å². The van der Waals surface area contributed by atoms with Gasteiger partial charge in [-0.2, -0.15) is 0 Å². The van der Waals surface area contributed by atoms with E-state index in [1.807, 2.05) is 13.0 Å². The third-order valence-electron chi connectivity index (χ3n) is 1.27. The number of aliphatic hydroxyl groups is 1. The zero-order valence-corrected chi connectivity index (χ0v) is 6.85. The van der Waals surface area contributed by atoms with Crippen LogP contribution in [0.5, 0.6) is 0 Å². The Morgan fingerprint density at radius 2 is 2.30 bits per heavy atom. The van der Waals surface area contributed by atoms with Gasteiger partial charge in [0.05, 0.1) is 6.61 Å². The SMILES string of the molecule is CCCNC/C=C(/C)CO. The Morgan fingerprint density at radius 3 is 2.80 bits per heavy atom. The number of hydrogen-bond acceptors (Lipinski definition) is 2. The van der Waals surface area contributed by atoms with Crippen molar-refractivity contribution in [3.63, 3.8) is 0 Å². The first kappa shape index (κ1) is 9.66. The Bertz CT molecular complexity index is 99.4. The van der Waals surface area contributed by atoms with E-state index in [2.05, 4.69) is 12.2 Å². The quantitative estimate of drug-likeness (QED) is 0.443. The molecule has 0 heterocycles. The van der Waals surface area contributed by atoms with Crippen molar-refractivity contribution < 1.29 is 5.11 Å². The molecule has 0 aliphatic heterocycles. The van der Waals surface area contributed by atoms with Gasteiger partial charge in [0.25, 0.3) is 0 Å². The minimum absolute atomic E-state index is 0.174. The topological polar surface area (TPSA) is 32.3 Å². The zero-order valence-electron chi connectivity index (χ0n) is 6.85. The lowest BCUT2D eigenvalue weighted by Gasteiger charge is -1.97. The molecule has 0 spiro atoms. The van der Waals surface area contributed by atoms with Gasteiger partial charge in [0.15, 0.2) is 0 Å². The van der Waals surface area contributed by atoms with Crippen LogP contribution in [0.2, 0.25) is 0 Å². The molecule has 0 atom stereocenters. The molecule has 0 amide bonds. The Labute approximate surface area is 62.9 Å². The molecule has 0 fully saturated rings. The fourth-order valence-corrected chi connectivity index (χ4v) is 0.590. The van der Waals surface area contributed by atoms with Gasteiger partial charge in [0.1, 0.15) is 0 Å². The average molecular weight is 143 g/mol. The summed E-state index contributed by atoms with van der Waals surface area (Å²) < 4.78 is 0. The molecule has 0 aromatic rings. The molecule has 0 saturated heterocycles. The summed E-state index contributed by atoms with van der Waals surface area (Å²) in [5.74, 6) is 0. The monoisotopic (exact) mass is 143 g/mol. The summed E-state index contributed by atoms with van der Waals surface area (Å²) in [5, 5.41) is 11.8. The van der Waals surface area contributed by atoms with Gasteiger partial charge >= 0.3 is 0 Å². The second-order valence-electron chi connectivity index (χ2n) is 2.41. The molecule has 0 aromatic heterocycles. The fraction of sp³-hybridized carbons (Fsp3) is 0.750. The first-order chi connectivity index (χ1) is 4.81. The van der Waals surface area contributed by atoms with Crippen LogP contribution in [0.3, 0.4) is 0 Å². The van der Waals surface area contributed by atoms with Crippen LogP contribution in [0.1, 0.15) is 20.3 Å². The van der Waals surface area contributed by atoms with E-state index in [1.54, 1.807) is 0 Å². The van der Waals surface area contributed by atoms with Crippen molar-refractivity contribution in [1.82, 2.24) is 5.32 Å². The van der Waals surface area contributed by atoms with Gasteiger partial charge in [-0.05, 0) is 19.9 Å². The van der Waals surface area contributed by atoms with Gasteiger partial charge in [-0.25, -0.2) is 0 Å². The summed E-state index contributed by atoms with van der Waals surface area (Å²) in [5.41, 5.74) is 1.03. The molecular formula is C8H17NO. The lowest BCUT2D eigenvalue weighted by Crippen LogP contribution is -2.14. The van der Waals surface area contributed by atoms with E-state index >= 15 is 0 Å². The van der Waals surface area contributed by atoms with Crippen LogP contribution in [0.25, 0.3) is 0 Å². The second kappa shape index (κ2) is 6.78. The van der Waals surface area contributed by atoms with E-state index in [9.17, 15) is 0 Å². The summed E-state index contributed by atoms with van der Waals surface area (Å²) in [6.07, 6.45) is 3.17. The van der Waals surface area contributed by atoms with Crippen molar-refractivity contribution in [1.29, 1.82) is 0 Å². The van der Waals surface area contributed by atoms with Crippen LogP contribution < -0.4 is 5.32 Å². The molecular weight excluding hydrogens is 126 g/mol. The normalized spacial score (nSPS) is 12.1. The van der Waals surface area contributed by atoms with E-state index in [4.69, 9.17) is 5.11 Å². The lowest BCUT2D eigenvalue weighted by molar-refractivity contribution is 0.331. The van der Waals surface area contributed by atoms with E-state index in [-0.39, 0.29) is 6.61 Å². The molecule has 0 aliphatic rings. The smallest absolute Gasteiger partial charge is 0.0639 e. The van der Waals surface area contributed by atoms with Crippen molar-refractivity contribution in [3.05, 3.63) is 11.6 Å². The van der Waals surface area contributed by atoms with E-state index in [1.165, 1.54) is 0 Å². The van der Waals surface area contributed by atoms with Gasteiger partial charge in [-0.3, -0.25) is 0 Å². The first-order valence-electron chi connectivity index (χ1n) is 3.78. The first-order valence-corrected chi connectivity index (χ1v) is 3.78. The van der Waals surface area contributed by atoms with Crippen molar-refractivity contribution >= 4 is 0 Å². The molecule has 0 aromatic carbocycles. The molecule has 0 radical (unpaired) electrons. The number of rotatable bonds is 5. The summed E-state index contributed by atoms with van der Waals surface area (Å²) in [4.78, 5) is 0. The van der Waals surface area contributed by atoms with Gasteiger partial charge in [0.2, 0.25) is 0 Å². The third-order valence-corrected chi connectivity index (χ3v) is 1.27. The minimum Gasteiger partial charge on any atom is -0.392 e. The molecule has 2 nitrogen and oxygen atoms in total. The molecule has 0 unspecified atom stereocenters. The van der Waals surface area contributed by atoms with Crippen LogP contribution in [0.15, 0.2) is 11.6 Å². The summed E-state index contributed by atoms with van der Waals surface area (Å²) in [6.45, 7) is 6.16. The average Bonchev–Trinajstić information content (AvgIpc) is 1.98. The highest BCUT2D eigenvalue weighted by atomic mass is 16.3. The van der Waals surface area contributed by atoms with Gasteiger partial charge in [0, 0.05) is 6.54 Å². The predicted molar refractivity (Wildman–Crippen MR) is 44.0 cm³/mol. The van der Waals surface area contributed by atoms with Crippen LogP contribution in [-0.2, 0) is 0 Å². The van der Waals surface area contributed by atoms with Gasteiger partial charge < -0.3 is 10.4 Å². The fourth-order valence-electron chi connectivity index (χ4n) is 0.590. The van der Waals surface area contributed by atoms with Gasteiger partial charge in [-0.15, -0.1) is 0 Å². The number of nitrogens with one attached hydrogen (secondary N) is 1. The largest absolute Gasteiger partial charge is 0.392 e. The summed E-state index contributed by atoms with van der Waals surface area (Å²) >= 11 is 0. The minimum atomic E-state index is 0.174. The second-order valence-corrected chi connectivity index (χ2v) is 2.41. The Balaban J connectivity index is 3.16. The maximum absolute atomic E-state index is 8.60. The van der Waals surface area contributed by atoms with Crippen LogP contribution >= 0.6 is 0 Å². The molecule has 0 bridgehead atoms. The highest BCUT2D eigenvalue weighted by Gasteiger charge is 1.83. The molecule has 0 saturated carbocycles. The van der Waals surface area contributed by atoms with Crippen molar-refractivity contribution in [2.24, 2.45) is 0 Å². The maximum Gasteiger partial charge on any atom is 0.0639 e. The van der Waals surface area contributed by atoms with Gasteiger partial charge in [-0.1, -0.05) is 18.6 Å². The Hall–Kier alpha value is -0.340. The Morgan fingerprint density at radius 1 is 1.60 bits per heavy atom. The van der Waals surface area contributed by atoms with Crippen molar-refractivity contribution in [2.45, 2.75) is 20.3 Å². The standard InChI is InChI=1S/C8H17NO/c1-3-5-9-6-4-8(2)7-10/h4,9-10H,3,5-7H2,1-2H3/b8-4-. The molecule has 10 heavy (non-hydrogen) atoms. The summed E-state index contributed by atoms with van der Waals surface area (Å²) in [6, 6.07) is 0. The Kier molecular flexibility index (Phi) is 6.55. The predicted octanol–water partition coefficient (Wildman–Crippen LogP) is 0.925. The summed E-state index contributed by atoms with van der Waals surface area (Å²) in [7, 11) is 0. The molecule has 60 valence electrons. The van der Waals surface area contributed by atoms with E-state index in [0.29, 0.717) is 0 Å². The van der Waals surface area contributed by atoms with Crippen molar-refractivity contribution in [3.8, 4) is 0 Å². The zero-order chi connectivity index (χ0) is 7.82. The molecule has 0 aliphatic carbocycles. The third kappa shape index (κ3) is 5.79. The lowest BCUT2D eigenvalue weighted by atomic mass is 10.3. The van der Waals surface area contributed by atoms with E-state index in [0.717, 1.165) is 25.1 Å². The number of hydrogen-bond donors (Lipinski definition) is 2. The number of aliphatic hydroxyl groups excluding tert-OH is 1. The molecule has 2 N–H and O–H groups in total. The highest BCUT2D eigenvalue weighted by Crippen LogP contribution is 1.86.